The van der Waals surface area contributed by atoms with Crippen molar-refractivity contribution in [1.29, 1.82) is 0 Å². The number of nitrogens with zero attached hydrogens (tertiary/aromatic N) is 2. The zero-order valence-corrected chi connectivity index (χ0v) is 14.4. The number of nitrogens with one attached hydrogen (secondary N) is 1. The first kappa shape index (κ1) is 16.7. The number of hydrogen-bond donors (Lipinski definition) is 1. The van der Waals surface area contributed by atoms with Crippen molar-refractivity contribution in [3.05, 3.63) is 5.89 Å². The molecule has 1 N–H and O–H groups in total. The highest BCUT2D eigenvalue weighted by Gasteiger charge is 2.26. The Hall–Kier alpha value is -0.690. The van der Waals surface area contributed by atoms with Gasteiger partial charge in [-0.2, -0.15) is 11.8 Å². The third-order valence-electron chi connectivity index (χ3n) is 3.80. The molecule has 0 aromatic carbocycles. The Bertz CT molecular complexity index is 467. The van der Waals surface area contributed by atoms with Crippen LogP contribution in [0.5, 0.6) is 0 Å². The number of hydrogen-bond acceptors (Lipinski definition) is 6. The summed E-state index contributed by atoms with van der Waals surface area (Å²) in [5.41, 5.74) is 0. The predicted molar refractivity (Wildman–Crippen MR) is 86.4 cm³/mol. The predicted octanol–water partition coefficient (Wildman–Crippen LogP) is 3.11. The van der Waals surface area contributed by atoms with Crippen molar-refractivity contribution >= 4 is 29.4 Å². The van der Waals surface area contributed by atoms with Crippen molar-refractivity contribution in [2.75, 3.05) is 6.26 Å². The molecule has 0 spiro atoms. The molecule has 1 aliphatic rings. The quantitative estimate of drug-likeness (QED) is 0.809. The molecule has 1 amide bonds. The molecular weight excluding hydrogens is 306 g/mol. The van der Waals surface area contributed by atoms with Crippen LogP contribution < -0.4 is 5.32 Å². The standard InChI is InChI=1S/C14H23N3O2S2/c1-9-6-4-5-7-11(9)15-13(18)10(2)21-14-17-16-12(19-14)8-20-3/h9-11H,4-8H2,1-3H3,(H,15,18). The lowest BCUT2D eigenvalue weighted by atomic mass is 9.86. The summed E-state index contributed by atoms with van der Waals surface area (Å²) < 4.78 is 5.50. The molecule has 3 atom stereocenters. The van der Waals surface area contributed by atoms with E-state index in [2.05, 4.69) is 22.4 Å². The van der Waals surface area contributed by atoms with E-state index in [0.29, 0.717) is 28.8 Å². The van der Waals surface area contributed by atoms with Gasteiger partial charge < -0.3 is 9.73 Å². The lowest BCUT2D eigenvalue weighted by Crippen LogP contribution is -2.44. The Morgan fingerprint density at radius 1 is 1.43 bits per heavy atom. The van der Waals surface area contributed by atoms with Crippen LogP contribution >= 0.6 is 23.5 Å². The summed E-state index contributed by atoms with van der Waals surface area (Å²) in [4.78, 5) is 12.3. The van der Waals surface area contributed by atoms with Crippen LogP contribution in [-0.2, 0) is 10.5 Å². The van der Waals surface area contributed by atoms with Gasteiger partial charge in [-0.25, -0.2) is 0 Å². The first-order valence-electron chi connectivity index (χ1n) is 7.38. The summed E-state index contributed by atoms with van der Waals surface area (Å²) >= 11 is 2.96. The van der Waals surface area contributed by atoms with Crippen LogP contribution in [-0.4, -0.2) is 33.7 Å². The van der Waals surface area contributed by atoms with Crippen LogP contribution in [0.3, 0.4) is 0 Å². The molecule has 1 heterocycles. The first-order chi connectivity index (χ1) is 10.1. The molecule has 5 nitrogen and oxygen atoms in total. The fourth-order valence-corrected chi connectivity index (χ4v) is 3.58. The monoisotopic (exact) mass is 329 g/mol. The Labute approximate surface area is 134 Å². The molecule has 0 aliphatic heterocycles. The fourth-order valence-electron chi connectivity index (χ4n) is 2.50. The van der Waals surface area contributed by atoms with Gasteiger partial charge in [0.1, 0.15) is 0 Å². The van der Waals surface area contributed by atoms with E-state index in [0.717, 1.165) is 6.42 Å². The second kappa shape index (κ2) is 8.08. The van der Waals surface area contributed by atoms with Crippen LogP contribution in [0.2, 0.25) is 0 Å². The highest BCUT2D eigenvalue weighted by molar-refractivity contribution is 8.00. The van der Waals surface area contributed by atoms with Gasteiger partial charge in [-0.15, -0.1) is 10.2 Å². The SMILES string of the molecule is CSCc1nnc(SC(C)C(=O)NC2CCCCC2C)o1. The van der Waals surface area contributed by atoms with Crippen molar-refractivity contribution in [2.45, 2.75) is 61.8 Å². The topological polar surface area (TPSA) is 68.0 Å². The van der Waals surface area contributed by atoms with Gasteiger partial charge in [-0.05, 0) is 31.9 Å². The van der Waals surface area contributed by atoms with Gasteiger partial charge in [-0.1, -0.05) is 31.5 Å². The number of carbonyl (C=O) groups is 1. The van der Waals surface area contributed by atoms with Crippen LogP contribution in [0.1, 0.15) is 45.4 Å². The van der Waals surface area contributed by atoms with Crippen molar-refractivity contribution in [3.63, 3.8) is 0 Å². The zero-order valence-electron chi connectivity index (χ0n) is 12.8. The summed E-state index contributed by atoms with van der Waals surface area (Å²) in [5, 5.41) is 11.3. The second-order valence-corrected chi connectivity index (χ2v) is 7.69. The van der Waals surface area contributed by atoms with E-state index in [1.165, 1.54) is 31.0 Å². The molecule has 0 radical (unpaired) electrons. The van der Waals surface area contributed by atoms with Crippen molar-refractivity contribution in [3.8, 4) is 0 Å². The molecule has 1 aromatic rings. The molecule has 1 saturated carbocycles. The lowest BCUT2D eigenvalue weighted by molar-refractivity contribution is -0.121. The molecule has 2 rings (SSSR count). The summed E-state index contributed by atoms with van der Waals surface area (Å²) in [7, 11) is 0. The van der Waals surface area contributed by atoms with E-state index in [1.54, 1.807) is 11.8 Å². The molecule has 7 heteroatoms. The van der Waals surface area contributed by atoms with E-state index in [9.17, 15) is 4.79 Å². The van der Waals surface area contributed by atoms with Gasteiger partial charge >= 0.3 is 0 Å². The van der Waals surface area contributed by atoms with Gasteiger partial charge in [0.15, 0.2) is 0 Å². The first-order valence-corrected chi connectivity index (χ1v) is 9.66. The minimum atomic E-state index is -0.221. The smallest absolute Gasteiger partial charge is 0.277 e. The minimum absolute atomic E-state index is 0.0587. The molecule has 3 unspecified atom stereocenters. The Kier molecular flexibility index (Phi) is 6.41. The number of carbonyl (C=O) groups excluding carboxylic acids is 1. The van der Waals surface area contributed by atoms with E-state index >= 15 is 0 Å². The van der Waals surface area contributed by atoms with Gasteiger partial charge in [0.2, 0.25) is 11.8 Å². The third-order valence-corrected chi connectivity index (χ3v) is 5.27. The maximum absolute atomic E-state index is 12.3. The zero-order chi connectivity index (χ0) is 15.2. The van der Waals surface area contributed by atoms with Crippen LogP contribution in [0.25, 0.3) is 0 Å². The van der Waals surface area contributed by atoms with E-state index in [-0.39, 0.29) is 11.2 Å². The normalized spacial score (nSPS) is 23.8. The number of aromatic nitrogens is 2. The molecule has 0 bridgehead atoms. The molecule has 0 saturated heterocycles. The van der Waals surface area contributed by atoms with Crippen molar-refractivity contribution < 1.29 is 9.21 Å². The van der Waals surface area contributed by atoms with Gasteiger partial charge in [0.25, 0.3) is 5.22 Å². The van der Waals surface area contributed by atoms with E-state index in [1.807, 2.05) is 13.2 Å². The van der Waals surface area contributed by atoms with Gasteiger partial charge in [-0.3, -0.25) is 4.79 Å². The fraction of sp³-hybridized carbons (Fsp3) is 0.786. The highest BCUT2D eigenvalue weighted by Crippen LogP contribution is 2.26. The summed E-state index contributed by atoms with van der Waals surface area (Å²) in [6.45, 7) is 4.10. The Balaban J connectivity index is 1.83. The number of thioether (sulfide) groups is 2. The molecule has 21 heavy (non-hydrogen) atoms. The average Bonchev–Trinajstić information content (AvgIpc) is 2.89. The maximum atomic E-state index is 12.3. The second-order valence-electron chi connectivity index (χ2n) is 5.53. The Morgan fingerprint density at radius 3 is 2.90 bits per heavy atom. The summed E-state index contributed by atoms with van der Waals surface area (Å²) in [6.07, 6.45) is 6.76. The number of amides is 1. The number of rotatable bonds is 6. The molecule has 1 aliphatic carbocycles. The Morgan fingerprint density at radius 2 is 2.19 bits per heavy atom. The van der Waals surface area contributed by atoms with Gasteiger partial charge in [0.05, 0.1) is 11.0 Å². The largest absolute Gasteiger partial charge is 0.415 e. The summed E-state index contributed by atoms with van der Waals surface area (Å²) in [6, 6.07) is 0.309. The van der Waals surface area contributed by atoms with E-state index < -0.39 is 0 Å². The minimum Gasteiger partial charge on any atom is -0.415 e. The van der Waals surface area contributed by atoms with Crippen molar-refractivity contribution in [1.82, 2.24) is 15.5 Å². The van der Waals surface area contributed by atoms with Crippen LogP contribution in [0.4, 0.5) is 0 Å². The molecular formula is C14H23N3O2S2. The highest BCUT2D eigenvalue weighted by atomic mass is 32.2. The third kappa shape index (κ3) is 4.92. The lowest BCUT2D eigenvalue weighted by Gasteiger charge is -2.30. The summed E-state index contributed by atoms with van der Waals surface area (Å²) in [5.74, 6) is 1.94. The molecule has 118 valence electrons. The average molecular weight is 329 g/mol. The maximum Gasteiger partial charge on any atom is 0.277 e. The van der Waals surface area contributed by atoms with Crippen molar-refractivity contribution in [2.24, 2.45) is 5.92 Å². The van der Waals surface area contributed by atoms with Crippen LogP contribution in [0, 0.1) is 5.92 Å². The van der Waals surface area contributed by atoms with Crippen LogP contribution in [0.15, 0.2) is 9.64 Å². The molecule has 1 fully saturated rings. The van der Waals surface area contributed by atoms with E-state index in [4.69, 9.17) is 4.42 Å². The van der Waals surface area contributed by atoms with Gasteiger partial charge in [0, 0.05) is 6.04 Å². The molecule has 1 aromatic heterocycles.